The normalized spacial score (nSPS) is 12.8. The van der Waals surface area contributed by atoms with E-state index >= 15 is 0 Å². The number of pyridine rings is 1. The van der Waals surface area contributed by atoms with E-state index in [2.05, 4.69) is 10.3 Å². The van der Waals surface area contributed by atoms with Gasteiger partial charge in [-0.15, -0.1) is 0 Å². The van der Waals surface area contributed by atoms with Crippen molar-refractivity contribution in [2.75, 3.05) is 0 Å². The zero-order valence-electron chi connectivity index (χ0n) is 10.8. The van der Waals surface area contributed by atoms with Crippen LogP contribution in [0.5, 0.6) is 0 Å². The number of carboxylic acids is 1. The van der Waals surface area contributed by atoms with Gasteiger partial charge in [-0.25, -0.2) is 0 Å². The maximum atomic E-state index is 11.9. The van der Waals surface area contributed by atoms with E-state index in [1.54, 1.807) is 39.1 Å². The van der Waals surface area contributed by atoms with Crippen LogP contribution >= 0.6 is 0 Å². The number of nitrogens with zero attached hydrogens (tertiary/aromatic N) is 1. The van der Waals surface area contributed by atoms with Crippen LogP contribution in [0.4, 0.5) is 0 Å². The molecule has 0 fully saturated rings. The smallest absolute Gasteiger partial charge is 0.316 e. The highest BCUT2D eigenvalue weighted by molar-refractivity contribution is 5.97. The molecule has 0 bridgehead atoms. The summed E-state index contributed by atoms with van der Waals surface area (Å²) in [6.45, 7) is 5.42. The fourth-order valence-corrected chi connectivity index (χ4v) is 1.66. The first-order valence-electron chi connectivity index (χ1n) is 5.73. The van der Waals surface area contributed by atoms with Gasteiger partial charge in [0.25, 0.3) is 0 Å². The molecule has 0 aliphatic rings. The number of nitrogens with one attached hydrogen (secondary N) is 1. The lowest BCUT2D eigenvalue weighted by atomic mass is 9.80. The number of rotatable bonds is 4. The van der Waals surface area contributed by atoms with Crippen LogP contribution in [-0.2, 0) is 16.1 Å². The maximum absolute atomic E-state index is 11.9. The molecule has 0 radical (unpaired) electrons. The molecule has 0 spiro atoms. The average molecular weight is 250 g/mol. The standard InChI is InChI=1S/C13H18N2O3/c1-13(2,3)10(12(17)18)11(16)15-8-9-6-4-5-7-14-9/h4-7,10H,8H2,1-3H3,(H,15,16)(H,17,18). The Bertz CT molecular complexity index is 424. The Balaban J connectivity index is 2.67. The van der Waals surface area contributed by atoms with Gasteiger partial charge in [0.1, 0.15) is 5.92 Å². The Morgan fingerprint density at radius 3 is 2.50 bits per heavy atom. The highest BCUT2D eigenvalue weighted by atomic mass is 16.4. The number of carbonyl (C=O) groups is 2. The number of carbonyl (C=O) groups excluding carboxylic acids is 1. The summed E-state index contributed by atoms with van der Waals surface area (Å²) < 4.78 is 0. The van der Waals surface area contributed by atoms with Crippen molar-refractivity contribution >= 4 is 11.9 Å². The summed E-state index contributed by atoms with van der Waals surface area (Å²) in [6.07, 6.45) is 1.62. The molecule has 1 unspecified atom stereocenters. The third kappa shape index (κ3) is 3.84. The minimum Gasteiger partial charge on any atom is -0.481 e. The number of carboxylic acid groups (broad SMARTS) is 1. The zero-order chi connectivity index (χ0) is 13.8. The first-order chi connectivity index (χ1) is 8.32. The van der Waals surface area contributed by atoms with Crippen LogP contribution in [0.15, 0.2) is 24.4 Å². The van der Waals surface area contributed by atoms with Gasteiger partial charge in [0.15, 0.2) is 0 Å². The van der Waals surface area contributed by atoms with Gasteiger partial charge in [0.2, 0.25) is 5.91 Å². The second-order valence-electron chi connectivity index (χ2n) is 5.18. The Kier molecular flexibility index (Phi) is 4.42. The minimum atomic E-state index is -1.11. The molecule has 1 amide bonds. The number of aliphatic carboxylic acids is 1. The summed E-state index contributed by atoms with van der Waals surface area (Å²) in [5, 5.41) is 11.7. The molecule has 0 aliphatic heterocycles. The molecule has 0 aromatic carbocycles. The molecule has 1 aromatic rings. The van der Waals surface area contributed by atoms with Gasteiger partial charge in [-0.2, -0.15) is 0 Å². The summed E-state index contributed by atoms with van der Waals surface area (Å²) >= 11 is 0. The van der Waals surface area contributed by atoms with Crippen molar-refractivity contribution in [3.05, 3.63) is 30.1 Å². The van der Waals surface area contributed by atoms with Crippen LogP contribution in [-0.4, -0.2) is 22.0 Å². The van der Waals surface area contributed by atoms with Crippen molar-refractivity contribution in [3.63, 3.8) is 0 Å². The maximum Gasteiger partial charge on any atom is 0.316 e. The number of hydrogen-bond donors (Lipinski definition) is 2. The number of amides is 1. The third-order valence-corrected chi connectivity index (χ3v) is 2.55. The van der Waals surface area contributed by atoms with Crippen LogP contribution in [0.1, 0.15) is 26.5 Å². The van der Waals surface area contributed by atoms with E-state index in [0.717, 1.165) is 0 Å². The Hall–Kier alpha value is -1.91. The van der Waals surface area contributed by atoms with E-state index in [9.17, 15) is 9.59 Å². The Labute approximate surface area is 106 Å². The topological polar surface area (TPSA) is 79.3 Å². The Morgan fingerprint density at radius 1 is 1.39 bits per heavy atom. The predicted molar refractivity (Wildman–Crippen MR) is 66.7 cm³/mol. The van der Waals surface area contributed by atoms with E-state index in [-0.39, 0.29) is 6.54 Å². The van der Waals surface area contributed by atoms with E-state index in [4.69, 9.17) is 5.11 Å². The molecule has 0 saturated carbocycles. The van der Waals surface area contributed by atoms with Gasteiger partial charge in [-0.1, -0.05) is 26.8 Å². The first-order valence-corrected chi connectivity index (χ1v) is 5.73. The Morgan fingerprint density at radius 2 is 2.06 bits per heavy atom. The fraction of sp³-hybridized carbons (Fsp3) is 0.462. The van der Waals surface area contributed by atoms with Gasteiger partial charge in [-0.05, 0) is 17.5 Å². The van der Waals surface area contributed by atoms with Crippen LogP contribution < -0.4 is 5.32 Å². The number of aromatic nitrogens is 1. The summed E-state index contributed by atoms with van der Waals surface area (Å²) in [4.78, 5) is 27.1. The van der Waals surface area contributed by atoms with Gasteiger partial charge in [0.05, 0.1) is 12.2 Å². The highest BCUT2D eigenvalue weighted by Crippen LogP contribution is 2.26. The monoisotopic (exact) mass is 250 g/mol. The summed E-state index contributed by atoms with van der Waals surface area (Å²) in [7, 11) is 0. The quantitative estimate of drug-likeness (QED) is 0.792. The highest BCUT2D eigenvalue weighted by Gasteiger charge is 2.37. The molecule has 1 aromatic heterocycles. The van der Waals surface area contributed by atoms with Crippen LogP contribution in [0, 0.1) is 11.3 Å². The minimum absolute atomic E-state index is 0.236. The van der Waals surface area contributed by atoms with Crippen LogP contribution in [0.3, 0.4) is 0 Å². The van der Waals surface area contributed by atoms with E-state index in [0.29, 0.717) is 5.69 Å². The van der Waals surface area contributed by atoms with Crippen molar-refractivity contribution in [3.8, 4) is 0 Å². The van der Waals surface area contributed by atoms with Crippen molar-refractivity contribution in [1.29, 1.82) is 0 Å². The van der Waals surface area contributed by atoms with E-state index in [1.165, 1.54) is 0 Å². The summed E-state index contributed by atoms with van der Waals surface area (Å²) in [5.74, 6) is -2.66. The van der Waals surface area contributed by atoms with Crippen molar-refractivity contribution < 1.29 is 14.7 Å². The second-order valence-corrected chi connectivity index (χ2v) is 5.18. The molecule has 98 valence electrons. The van der Waals surface area contributed by atoms with Gasteiger partial charge < -0.3 is 10.4 Å². The zero-order valence-corrected chi connectivity index (χ0v) is 10.8. The second kappa shape index (κ2) is 5.62. The predicted octanol–water partition coefficient (Wildman–Crippen LogP) is 1.44. The lowest BCUT2D eigenvalue weighted by molar-refractivity contribution is -0.151. The molecule has 1 heterocycles. The van der Waals surface area contributed by atoms with Crippen molar-refractivity contribution in [2.24, 2.45) is 11.3 Å². The number of hydrogen-bond acceptors (Lipinski definition) is 3. The van der Waals surface area contributed by atoms with Crippen molar-refractivity contribution in [2.45, 2.75) is 27.3 Å². The molecule has 0 aliphatic carbocycles. The summed E-state index contributed by atoms with van der Waals surface area (Å²) in [5.41, 5.74) is 0.0731. The molecule has 1 atom stereocenters. The van der Waals surface area contributed by atoms with Gasteiger partial charge in [-0.3, -0.25) is 14.6 Å². The van der Waals surface area contributed by atoms with E-state index < -0.39 is 23.2 Å². The molecule has 5 heteroatoms. The largest absolute Gasteiger partial charge is 0.481 e. The fourth-order valence-electron chi connectivity index (χ4n) is 1.66. The molecule has 2 N–H and O–H groups in total. The average Bonchev–Trinajstić information content (AvgIpc) is 2.25. The molecule has 18 heavy (non-hydrogen) atoms. The van der Waals surface area contributed by atoms with Crippen molar-refractivity contribution in [1.82, 2.24) is 10.3 Å². The first kappa shape index (κ1) is 14.2. The molecule has 0 saturated heterocycles. The molecule has 1 rings (SSSR count). The van der Waals surface area contributed by atoms with Gasteiger partial charge >= 0.3 is 5.97 Å². The van der Waals surface area contributed by atoms with E-state index in [1.807, 2.05) is 6.07 Å². The SMILES string of the molecule is CC(C)(C)C(C(=O)O)C(=O)NCc1ccccn1. The third-order valence-electron chi connectivity index (χ3n) is 2.55. The molecular formula is C13H18N2O3. The molecule has 5 nitrogen and oxygen atoms in total. The lowest BCUT2D eigenvalue weighted by Crippen LogP contribution is -2.42. The molecular weight excluding hydrogens is 232 g/mol. The van der Waals surface area contributed by atoms with Crippen LogP contribution in [0.2, 0.25) is 0 Å². The summed E-state index contributed by atoms with van der Waals surface area (Å²) in [6, 6.07) is 5.36. The lowest BCUT2D eigenvalue weighted by Gasteiger charge is -2.25. The van der Waals surface area contributed by atoms with Crippen LogP contribution in [0.25, 0.3) is 0 Å². The van der Waals surface area contributed by atoms with Gasteiger partial charge in [0, 0.05) is 6.20 Å².